The highest BCUT2D eigenvalue weighted by atomic mass is 79.9. The van der Waals surface area contributed by atoms with Gasteiger partial charge in [0.15, 0.2) is 0 Å². The molecular weight excluding hydrogens is 442 g/mol. The van der Waals surface area contributed by atoms with Crippen LogP contribution in [0.15, 0.2) is 88.4 Å². The lowest BCUT2D eigenvalue weighted by Gasteiger charge is -2.06. The van der Waals surface area contributed by atoms with Crippen molar-refractivity contribution in [3.63, 3.8) is 0 Å². The fraction of sp³-hybridized carbons (Fsp3) is 0.125. The predicted molar refractivity (Wildman–Crippen MR) is 124 cm³/mol. The second kappa shape index (κ2) is 10.5. The molecule has 0 aliphatic heterocycles. The first-order chi connectivity index (χ1) is 14.5. The lowest BCUT2D eigenvalue weighted by molar-refractivity contribution is -0.120. The molecular formula is C24H22BrN3O2. The average molecular weight is 464 g/mol. The van der Waals surface area contributed by atoms with Crippen LogP contribution >= 0.6 is 15.9 Å². The van der Waals surface area contributed by atoms with Crippen LogP contribution in [0.5, 0.6) is 0 Å². The largest absolute Gasteiger partial charge is 0.326 e. The van der Waals surface area contributed by atoms with Crippen LogP contribution in [0, 0.1) is 0 Å². The predicted octanol–water partition coefficient (Wildman–Crippen LogP) is 5.18. The van der Waals surface area contributed by atoms with Crippen molar-refractivity contribution < 1.29 is 9.59 Å². The molecule has 0 saturated carbocycles. The standard InChI is InChI=1S/C24H22BrN3O2/c1-17(15-23(29)26-22-13-11-21(25)12-14-22)27-28-24(30)16-18-7-9-20(10-8-18)19-5-3-2-4-6-19/h2-14H,15-16H2,1H3,(H,26,29)(H,28,30)/b27-17+. The first-order valence-corrected chi connectivity index (χ1v) is 10.3. The number of hydrazone groups is 1. The zero-order chi connectivity index (χ0) is 21.3. The Morgan fingerprint density at radius 3 is 2.13 bits per heavy atom. The highest BCUT2D eigenvalue weighted by molar-refractivity contribution is 9.10. The van der Waals surface area contributed by atoms with Gasteiger partial charge in [-0.1, -0.05) is 70.5 Å². The molecule has 0 spiro atoms. The van der Waals surface area contributed by atoms with Gasteiger partial charge in [0.1, 0.15) is 0 Å². The molecule has 0 atom stereocenters. The Hall–Kier alpha value is -3.25. The highest BCUT2D eigenvalue weighted by Crippen LogP contribution is 2.19. The molecule has 3 aromatic carbocycles. The van der Waals surface area contributed by atoms with Crippen molar-refractivity contribution >= 4 is 39.1 Å². The smallest absolute Gasteiger partial charge is 0.244 e. The molecule has 2 N–H and O–H groups in total. The minimum absolute atomic E-state index is 0.0993. The van der Waals surface area contributed by atoms with Crippen molar-refractivity contribution in [3.8, 4) is 11.1 Å². The number of nitrogens with one attached hydrogen (secondary N) is 2. The summed E-state index contributed by atoms with van der Waals surface area (Å²) in [6.45, 7) is 1.70. The lowest BCUT2D eigenvalue weighted by atomic mass is 10.0. The number of nitrogens with zero attached hydrogens (tertiary/aromatic N) is 1. The molecule has 152 valence electrons. The summed E-state index contributed by atoms with van der Waals surface area (Å²) in [4.78, 5) is 24.2. The van der Waals surface area contributed by atoms with E-state index in [2.05, 4.69) is 31.8 Å². The van der Waals surface area contributed by atoms with Gasteiger partial charge >= 0.3 is 0 Å². The van der Waals surface area contributed by atoms with Gasteiger partial charge in [-0.25, -0.2) is 5.43 Å². The maximum Gasteiger partial charge on any atom is 0.244 e. The molecule has 2 amide bonds. The Labute approximate surface area is 184 Å². The summed E-state index contributed by atoms with van der Waals surface area (Å²) in [5.41, 5.74) is 6.88. The third-order valence-electron chi connectivity index (χ3n) is 4.34. The van der Waals surface area contributed by atoms with Gasteiger partial charge in [-0.05, 0) is 47.9 Å². The van der Waals surface area contributed by atoms with Crippen molar-refractivity contribution in [1.82, 2.24) is 5.43 Å². The van der Waals surface area contributed by atoms with E-state index in [9.17, 15) is 9.59 Å². The average Bonchev–Trinajstić information content (AvgIpc) is 2.75. The molecule has 3 rings (SSSR count). The van der Waals surface area contributed by atoms with E-state index in [0.717, 1.165) is 21.2 Å². The van der Waals surface area contributed by atoms with E-state index < -0.39 is 0 Å². The molecule has 30 heavy (non-hydrogen) atoms. The SMILES string of the molecule is C/C(CC(=O)Nc1ccc(Br)cc1)=N\NC(=O)Cc1ccc(-c2ccccc2)cc1. The number of carbonyl (C=O) groups is 2. The second-order valence-electron chi connectivity index (χ2n) is 6.85. The van der Waals surface area contributed by atoms with Gasteiger partial charge in [0.05, 0.1) is 12.8 Å². The fourth-order valence-corrected chi connectivity index (χ4v) is 3.10. The van der Waals surface area contributed by atoms with Gasteiger partial charge < -0.3 is 5.32 Å². The maximum absolute atomic E-state index is 12.2. The van der Waals surface area contributed by atoms with Crippen molar-refractivity contribution in [2.45, 2.75) is 19.8 Å². The van der Waals surface area contributed by atoms with Crippen LogP contribution in [0.2, 0.25) is 0 Å². The first-order valence-electron chi connectivity index (χ1n) is 9.51. The number of amides is 2. The van der Waals surface area contributed by atoms with E-state index in [0.29, 0.717) is 11.4 Å². The summed E-state index contributed by atoms with van der Waals surface area (Å²) in [5.74, 6) is -0.417. The second-order valence-corrected chi connectivity index (χ2v) is 7.77. The van der Waals surface area contributed by atoms with E-state index in [-0.39, 0.29) is 24.7 Å². The number of anilines is 1. The Balaban J connectivity index is 1.47. The van der Waals surface area contributed by atoms with Crippen LogP contribution < -0.4 is 10.7 Å². The molecule has 0 saturated heterocycles. The quantitative estimate of drug-likeness (QED) is 0.374. The van der Waals surface area contributed by atoms with Gasteiger partial charge in [0.25, 0.3) is 0 Å². The summed E-state index contributed by atoms with van der Waals surface area (Å²) in [7, 11) is 0. The Morgan fingerprint density at radius 1 is 0.833 bits per heavy atom. The Morgan fingerprint density at radius 2 is 1.47 bits per heavy atom. The summed E-state index contributed by atoms with van der Waals surface area (Å²) < 4.78 is 0.940. The van der Waals surface area contributed by atoms with E-state index in [1.807, 2.05) is 66.7 Å². The molecule has 0 fully saturated rings. The third kappa shape index (κ3) is 6.67. The normalized spacial score (nSPS) is 11.1. The topological polar surface area (TPSA) is 70.6 Å². The van der Waals surface area contributed by atoms with Crippen molar-refractivity contribution in [3.05, 3.63) is 88.9 Å². The molecule has 0 aliphatic rings. The van der Waals surface area contributed by atoms with Gasteiger partial charge in [-0.2, -0.15) is 5.10 Å². The first kappa shape index (κ1) is 21.5. The summed E-state index contributed by atoms with van der Waals surface area (Å²) in [6.07, 6.45) is 0.319. The zero-order valence-corrected chi connectivity index (χ0v) is 18.1. The van der Waals surface area contributed by atoms with Gasteiger partial charge in [0, 0.05) is 15.9 Å². The number of hydrogen-bond acceptors (Lipinski definition) is 3. The molecule has 0 aromatic heterocycles. The molecule has 0 unspecified atom stereocenters. The zero-order valence-electron chi connectivity index (χ0n) is 16.6. The number of halogens is 1. The minimum atomic E-state index is -0.227. The molecule has 6 heteroatoms. The number of rotatable bonds is 7. The van der Waals surface area contributed by atoms with Crippen molar-refractivity contribution in [2.24, 2.45) is 5.10 Å². The van der Waals surface area contributed by atoms with Crippen LogP contribution in [-0.4, -0.2) is 17.5 Å². The van der Waals surface area contributed by atoms with E-state index in [1.165, 1.54) is 0 Å². The van der Waals surface area contributed by atoms with Crippen molar-refractivity contribution in [2.75, 3.05) is 5.32 Å². The maximum atomic E-state index is 12.2. The summed E-state index contributed by atoms with van der Waals surface area (Å²) >= 11 is 3.35. The third-order valence-corrected chi connectivity index (χ3v) is 4.87. The Bertz CT molecular complexity index is 1030. The van der Waals surface area contributed by atoms with E-state index in [4.69, 9.17) is 0 Å². The van der Waals surface area contributed by atoms with E-state index >= 15 is 0 Å². The van der Waals surface area contributed by atoms with Crippen molar-refractivity contribution in [1.29, 1.82) is 0 Å². The van der Waals surface area contributed by atoms with E-state index in [1.54, 1.807) is 19.1 Å². The van der Waals surface area contributed by atoms with Crippen LogP contribution in [0.4, 0.5) is 5.69 Å². The van der Waals surface area contributed by atoms with Gasteiger partial charge in [-0.3, -0.25) is 9.59 Å². The van der Waals surface area contributed by atoms with Gasteiger partial charge in [-0.15, -0.1) is 0 Å². The molecule has 0 heterocycles. The molecule has 5 nitrogen and oxygen atoms in total. The van der Waals surface area contributed by atoms with Crippen LogP contribution in [0.3, 0.4) is 0 Å². The number of carbonyl (C=O) groups excluding carboxylic acids is 2. The molecule has 3 aromatic rings. The van der Waals surface area contributed by atoms with Crippen LogP contribution in [0.1, 0.15) is 18.9 Å². The molecule has 0 radical (unpaired) electrons. The fourth-order valence-electron chi connectivity index (χ4n) is 2.84. The van der Waals surface area contributed by atoms with Crippen LogP contribution in [-0.2, 0) is 16.0 Å². The number of benzene rings is 3. The minimum Gasteiger partial charge on any atom is -0.326 e. The molecule has 0 bridgehead atoms. The Kier molecular flexibility index (Phi) is 7.51. The number of hydrogen-bond donors (Lipinski definition) is 2. The van der Waals surface area contributed by atoms with Crippen LogP contribution in [0.25, 0.3) is 11.1 Å². The summed E-state index contributed by atoms with van der Waals surface area (Å²) in [6, 6.07) is 25.2. The monoisotopic (exact) mass is 463 g/mol. The highest BCUT2D eigenvalue weighted by Gasteiger charge is 2.07. The molecule has 0 aliphatic carbocycles. The lowest BCUT2D eigenvalue weighted by Crippen LogP contribution is -2.22. The van der Waals surface area contributed by atoms with Gasteiger partial charge in [0.2, 0.25) is 11.8 Å². The summed E-state index contributed by atoms with van der Waals surface area (Å²) in [5, 5.41) is 6.82.